The van der Waals surface area contributed by atoms with Crippen LogP contribution >= 0.6 is 0 Å². The van der Waals surface area contributed by atoms with Crippen molar-refractivity contribution < 1.29 is 28.6 Å². The molecule has 8 nitrogen and oxygen atoms in total. The zero-order chi connectivity index (χ0) is 31.3. The summed E-state index contributed by atoms with van der Waals surface area (Å²) >= 11 is 0. The van der Waals surface area contributed by atoms with Crippen LogP contribution in [0.15, 0.2) is 84.9 Å². The van der Waals surface area contributed by atoms with Crippen LogP contribution in [0.2, 0.25) is 0 Å². The molecule has 234 valence electrons. The highest BCUT2D eigenvalue weighted by molar-refractivity contribution is 5.96. The Balaban J connectivity index is 1.42. The molecule has 0 unspecified atom stereocenters. The highest BCUT2D eigenvalue weighted by Gasteiger charge is 2.50. The number of esters is 2. The largest absolute Gasteiger partial charge is 0.465 e. The lowest BCUT2D eigenvalue weighted by molar-refractivity contribution is -0.167. The Morgan fingerprint density at radius 2 is 1.44 bits per heavy atom. The van der Waals surface area contributed by atoms with E-state index in [0.717, 1.165) is 27.7 Å². The van der Waals surface area contributed by atoms with Crippen molar-refractivity contribution in [3.8, 4) is 0 Å². The van der Waals surface area contributed by atoms with Crippen LogP contribution in [0.5, 0.6) is 0 Å². The molecular formula is C37H40N2O6. The summed E-state index contributed by atoms with van der Waals surface area (Å²) in [6, 6.07) is 28.1. The molecule has 1 aromatic heterocycles. The lowest BCUT2D eigenvalue weighted by atomic mass is 9.76. The van der Waals surface area contributed by atoms with Crippen molar-refractivity contribution in [2.45, 2.75) is 58.3 Å². The van der Waals surface area contributed by atoms with Crippen LogP contribution in [0.1, 0.15) is 55.1 Å². The maximum absolute atomic E-state index is 14.2. The average molecular weight is 609 g/mol. The van der Waals surface area contributed by atoms with Crippen molar-refractivity contribution >= 4 is 28.7 Å². The first kappa shape index (κ1) is 30.6. The summed E-state index contributed by atoms with van der Waals surface area (Å²) < 4.78 is 19.3. The molecule has 2 aliphatic heterocycles. The van der Waals surface area contributed by atoms with Gasteiger partial charge in [-0.05, 0) is 55.4 Å². The summed E-state index contributed by atoms with van der Waals surface area (Å²) in [5.74, 6) is -3.08. The predicted molar refractivity (Wildman–Crippen MR) is 170 cm³/mol. The second-order valence-electron chi connectivity index (χ2n) is 11.8. The van der Waals surface area contributed by atoms with Crippen molar-refractivity contribution in [1.29, 1.82) is 0 Å². The summed E-state index contributed by atoms with van der Waals surface area (Å²) in [4.78, 5) is 42.5. The molecule has 3 heterocycles. The van der Waals surface area contributed by atoms with Gasteiger partial charge < -0.3 is 23.7 Å². The Morgan fingerprint density at radius 3 is 2.11 bits per heavy atom. The number of para-hydroxylation sites is 1. The molecule has 8 heteroatoms. The van der Waals surface area contributed by atoms with Crippen LogP contribution in [0.3, 0.4) is 0 Å². The fraction of sp³-hybridized carbons (Fsp3) is 0.378. The van der Waals surface area contributed by atoms with E-state index in [1.165, 1.54) is 5.56 Å². The van der Waals surface area contributed by atoms with E-state index in [-0.39, 0.29) is 37.6 Å². The van der Waals surface area contributed by atoms with Crippen molar-refractivity contribution in [3.63, 3.8) is 0 Å². The Labute approximate surface area is 263 Å². The molecule has 0 spiro atoms. The van der Waals surface area contributed by atoms with Gasteiger partial charge >= 0.3 is 11.9 Å². The van der Waals surface area contributed by atoms with Crippen molar-refractivity contribution in [2.75, 3.05) is 19.8 Å². The van der Waals surface area contributed by atoms with E-state index < -0.39 is 23.8 Å². The van der Waals surface area contributed by atoms with E-state index in [1.54, 1.807) is 13.8 Å². The number of ether oxygens (including phenoxy) is 3. The first-order chi connectivity index (χ1) is 22.0. The number of rotatable bonds is 11. The molecule has 4 aromatic rings. The number of nitrogens with zero attached hydrogens (tertiary/aromatic N) is 2. The SMILES string of the molecule is CCOC(=O)C(C(=O)OCC)[C@@H]1CC(=O)N2[C@H](COCc3ccccc3)Cc3c(n(Cc4ccccc4)c4ccccc34)[C@H]2C1. The van der Waals surface area contributed by atoms with Crippen LogP contribution < -0.4 is 0 Å². The number of carbonyl (C=O) groups excluding carboxylic acids is 3. The third kappa shape index (κ3) is 6.25. The van der Waals surface area contributed by atoms with E-state index in [2.05, 4.69) is 34.9 Å². The molecule has 3 atom stereocenters. The standard InChI is InChI=1S/C37H40N2O6/c1-3-44-36(41)34(37(42)45-4-2)27-19-32-35-30(29-17-11-12-18-31(29)38(35)22-25-13-7-5-8-14-25)21-28(39(32)33(40)20-27)24-43-23-26-15-9-6-10-16-26/h5-18,27-28,32,34H,3-4,19-24H2,1-2H3/t27-,28-,32+/m0/s1. The summed E-state index contributed by atoms with van der Waals surface area (Å²) in [7, 11) is 0. The highest BCUT2D eigenvalue weighted by atomic mass is 16.6. The molecule has 0 saturated carbocycles. The first-order valence-electron chi connectivity index (χ1n) is 15.9. The third-order valence-corrected chi connectivity index (χ3v) is 9.01. The molecule has 45 heavy (non-hydrogen) atoms. The summed E-state index contributed by atoms with van der Waals surface area (Å²) in [6.07, 6.45) is 1.14. The molecule has 1 saturated heterocycles. The van der Waals surface area contributed by atoms with Gasteiger partial charge in [0.2, 0.25) is 5.91 Å². The van der Waals surface area contributed by atoms with Crippen LogP contribution in [0, 0.1) is 11.8 Å². The number of piperidine rings is 1. The van der Waals surface area contributed by atoms with Crippen molar-refractivity contribution in [1.82, 2.24) is 9.47 Å². The Hall–Kier alpha value is -4.43. The van der Waals surface area contributed by atoms with Gasteiger partial charge in [-0.1, -0.05) is 78.9 Å². The van der Waals surface area contributed by atoms with E-state index in [0.29, 0.717) is 32.6 Å². The summed E-state index contributed by atoms with van der Waals surface area (Å²) in [5, 5.41) is 1.15. The second kappa shape index (κ2) is 13.7. The van der Waals surface area contributed by atoms with E-state index in [1.807, 2.05) is 59.5 Å². The number of fused-ring (bicyclic) bond motifs is 5. The molecule has 3 aromatic carbocycles. The molecule has 2 aliphatic rings. The quantitative estimate of drug-likeness (QED) is 0.157. The smallest absolute Gasteiger partial charge is 0.320 e. The number of benzene rings is 3. The minimum Gasteiger partial charge on any atom is -0.465 e. The number of carbonyl (C=O) groups is 3. The fourth-order valence-electron chi connectivity index (χ4n) is 7.17. The summed E-state index contributed by atoms with van der Waals surface area (Å²) in [6.45, 7) is 5.16. The topological polar surface area (TPSA) is 87.1 Å². The van der Waals surface area contributed by atoms with Crippen molar-refractivity contribution in [2.24, 2.45) is 11.8 Å². The average Bonchev–Trinajstić information content (AvgIpc) is 3.35. The lowest BCUT2D eigenvalue weighted by Gasteiger charge is -2.48. The highest BCUT2D eigenvalue weighted by Crippen LogP contribution is 2.47. The first-order valence-corrected chi connectivity index (χ1v) is 15.9. The third-order valence-electron chi connectivity index (χ3n) is 9.01. The van der Waals surface area contributed by atoms with Gasteiger partial charge in [0.25, 0.3) is 0 Å². The fourth-order valence-corrected chi connectivity index (χ4v) is 7.17. The van der Waals surface area contributed by atoms with Crippen molar-refractivity contribution in [3.05, 3.63) is 107 Å². The monoisotopic (exact) mass is 608 g/mol. The molecular weight excluding hydrogens is 568 g/mol. The van der Waals surface area contributed by atoms with E-state index in [9.17, 15) is 14.4 Å². The predicted octanol–water partition coefficient (Wildman–Crippen LogP) is 5.85. The lowest BCUT2D eigenvalue weighted by Crippen LogP contribution is -2.54. The van der Waals surface area contributed by atoms with Gasteiger partial charge in [-0.25, -0.2) is 0 Å². The maximum atomic E-state index is 14.2. The summed E-state index contributed by atoms with van der Waals surface area (Å²) in [5.41, 5.74) is 5.56. The minimum absolute atomic E-state index is 0.0578. The zero-order valence-corrected chi connectivity index (χ0v) is 25.9. The van der Waals surface area contributed by atoms with Crippen LogP contribution in [0.4, 0.5) is 0 Å². The zero-order valence-electron chi connectivity index (χ0n) is 25.9. The van der Waals surface area contributed by atoms with Gasteiger partial charge in [0.1, 0.15) is 0 Å². The number of aromatic nitrogens is 1. The van der Waals surface area contributed by atoms with Gasteiger partial charge in [-0.3, -0.25) is 14.4 Å². The molecule has 1 fully saturated rings. The van der Waals surface area contributed by atoms with Crippen LogP contribution in [-0.4, -0.2) is 53.2 Å². The van der Waals surface area contributed by atoms with Crippen LogP contribution in [-0.2, 0) is 48.2 Å². The normalized spacial score (nSPS) is 19.3. The second-order valence-corrected chi connectivity index (χ2v) is 11.8. The molecule has 0 radical (unpaired) electrons. The van der Waals surface area contributed by atoms with Gasteiger partial charge in [-0.15, -0.1) is 0 Å². The molecule has 6 rings (SSSR count). The van der Waals surface area contributed by atoms with Gasteiger partial charge in [0.05, 0.1) is 38.5 Å². The number of amides is 1. The molecule has 1 amide bonds. The van der Waals surface area contributed by atoms with E-state index in [4.69, 9.17) is 14.2 Å². The Bertz CT molecular complexity index is 1630. The molecule has 0 bridgehead atoms. The number of hydrogen-bond donors (Lipinski definition) is 0. The molecule has 0 N–H and O–H groups in total. The van der Waals surface area contributed by atoms with Gasteiger partial charge in [0, 0.05) is 29.6 Å². The Morgan fingerprint density at radius 1 is 0.822 bits per heavy atom. The van der Waals surface area contributed by atoms with E-state index >= 15 is 0 Å². The molecule has 0 aliphatic carbocycles. The minimum atomic E-state index is -1.17. The Kier molecular flexibility index (Phi) is 9.31. The van der Waals surface area contributed by atoms with Gasteiger partial charge in [0.15, 0.2) is 5.92 Å². The number of hydrogen-bond acceptors (Lipinski definition) is 6. The van der Waals surface area contributed by atoms with Gasteiger partial charge in [-0.2, -0.15) is 0 Å². The van der Waals surface area contributed by atoms with Crippen LogP contribution in [0.25, 0.3) is 10.9 Å². The maximum Gasteiger partial charge on any atom is 0.320 e.